The minimum atomic E-state index is -1.43. The van der Waals surface area contributed by atoms with Gasteiger partial charge in [0.15, 0.2) is 12.4 Å². The minimum absolute atomic E-state index is 0.322. The summed E-state index contributed by atoms with van der Waals surface area (Å²) in [6.45, 7) is 1.68. The standard InChI is InChI=1S/C12H20O6/c1-8-10(15)11(9(14)7-13)17-18-12(16-8)5-3-2-4-6-12/h7-11,14-15H,2-6H2,1H3. The van der Waals surface area contributed by atoms with E-state index < -0.39 is 30.2 Å². The molecule has 1 saturated heterocycles. The number of carbonyl (C=O) groups excluding carboxylic acids is 1. The number of aliphatic hydroxyl groups is 2. The Morgan fingerprint density at radius 3 is 2.61 bits per heavy atom. The molecule has 6 heteroatoms. The minimum Gasteiger partial charge on any atom is -0.387 e. The molecule has 0 aromatic rings. The Hall–Kier alpha value is -0.530. The van der Waals surface area contributed by atoms with E-state index in [1.165, 1.54) is 0 Å². The highest BCUT2D eigenvalue weighted by Crippen LogP contribution is 2.37. The van der Waals surface area contributed by atoms with E-state index in [1.807, 2.05) is 0 Å². The molecular formula is C12H20O6. The van der Waals surface area contributed by atoms with Crippen LogP contribution in [0.2, 0.25) is 0 Å². The van der Waals surface area contributed by atoms with Gasteiger partial charge in [-0.1, -0.05) is 6.42 Å². The van der Waals surface area contributed by atoms with Crippen molar-refractivity contribution in [2.75, 3.05) is 0 Å². The van der Waals surface area contributed by atoms with Crippen LogP contribution >= 0.6 is 0 Å². The van der Waals surface area contributed by atoms with Crippen molar-refractivity contribution in [3.05, 3.63) is 0 Å². The van der Waals surface area contributed by atoms with Crippen molar-refractivity contribution in [2.45, 2.75) is 69.2 Å². The van der Waals surface area contributed by atoms with Crippen LogP contribution in [0.5, 0.6) is 0 Å². The molecule has 1 aliphatic heterocycles. The number of ether oxygens (including phenoxy) is 1. The van der Waals surface area contributed by atoms with Crippen LogP contribution in [-0.4, -0.2) is 46.7 Å². The molecule has 2 aliphatic rings. The molecule has 2 fully saturated rings. The number of rotatable bonds is 2. The van der Waals surface area contributed by atoms with Crippen LogP contribution in [0.25, 0.3) is 0 Å². The van der Waals surface area contributed by atoms with E-state index in [2.05, 4.69) is 0 Å². The van der Waals surface area contributed by atoms with Crippen molar-refractivity contribution in [2.24, 2.45) is 0 Å². The lowest BCUT2D eigenvalue weighted by Gasteiger charge is -2.35. The predicted molar refractivity (Wildman–Crippen MR) is 60.4 cm³/mol. The van der Waals surface area contributed by atoms with Gasteiger partial charge in [0.05, 0.1) is 6.10 Å². The topological polar surface area (TPSA) is 85.2 Å². The van der Waals surface area contributed by atoms with E-state index in [0.717, 1.165) is 19.3 Å². The zero-order valence-electron chi connectivity index (χ0n) is 10.4. The van der Waals surface area contributed by atoms with Gasteiger partial charge in [-0.15, -0.1) is 0 Å². The first-order valence-electron chi connectivity index (χ1n) is 6.42. The summed E-state index contributed by atoms with van der Waals surface area (Å²) in [5.41, 5.74) is 0. The first-order valence-corrected chi connectivity index (χ1v) is 6.42. The van der Waals surface area contributed by atoms with E-state index in [-0.39, 0.29) is 0 Å². The molecule has 4 unspecified atom stereocenters. The Kier molecular flexibility index (Phi) is 4.34. The smallest absolute Gasteiger partial charge is 0.201 e. The molecule has 104 valence electrons. The summed E-state index contributed by atoms with van der Waals surface area (Å²) in [6.07, 6.45) is 0.539. The van der Waals surface area contributed by atoms with Gasteiger partial charge < -0.3 is 19.7 Å². The lowest BCUT2D eigenvalue weighted by molar-refractivity contribution is -0.442. The van der Waals surface area contributed by atoms with Crippen molar-refractivity contribution in [3.8, 4) is 0 Å². The van der Waals surface area contributed by atoms with Crippen LogP contribution in [0.4, 0.5) is 0 Å². The summed E-state index contributed by atoms with van der Waals surface area (Å²) in [4.78, 5) is 21.0. The van der Waals surface area contributed by atoms with Crippen molar-refractivity contribution in [1.82, 2.24) is 0 Å². The van der Waals surface area contributed by atoms with E-state index in [4.69, 9.17) is 14.5 Å². The zero-order valence-corrected chi connectivity index (χ0v) is 10.4. The molecule has 18 heavy (non-hydrogen) atoms. The number of hydrogen-bond donors (Lipinski definition) is 2. The second-order valence-corrected chi connectivity index (χ2v) is 5.06. The Morgan fingerprint density at radius 2 is 2.00 bits per heavy atom. The summed E-state index contributed by atoms with van der Waals surface area (Å²) in [7, 11) is 0. The van der Waals surface area contributed by atoms with Crippen molar-refractivity contribution in [1.29, 1.82) is 0 Å². The molecular weight excluding hydrogens is 240 g/mol. The molecule has 1 aliphatic carbocycles. The maximum atomic E-state index is 10.6. The lowest BCUT2D eigenvalue weighted by atomic mass is 9.94. The fourth-order valence-corrected chi connectivity index (χ4v) is 2.52. The third kappa shape index (κ3) is 2.73. The fourth-order valence-electron chi connectivity index (χ4n) is 2.52. The molecule has 0 aromatic carbocycles. The van der Waals surface area contributed by atoms with E-state index in [1.54, 1.807) is 6.92 Å². The van der Waals surface area contributed by atoms with Gasteiger partial charge in [-0.05, 0) is 19.8 Å². The number of aliphatic hydroxyl groups excluding tert-OH is 2. The second kappa shape index (κ2) is 5.63. The van der Waals surface area contributed by atoms with Gasteiger partial charge in [0.1, 0.15) is 12.2 Å². The maximum absolute atomic E-state index is 10.6. The third-order valence-electron chi connectivity index (χ3n) is 3.62. The Balaban J connectivity index is 2.11. The molecule has 2 rings (SSSR count). The summed E-state index contributed by atoms with van der Waals surface area (Å²) in [5, 5.41) is 19.5. The molecule has 1 spiro atoms. The summed E-state index contributed by atoms with van der Waals surface area (Å²) >= 11 is 0. The predicted octanol–water partition coefficient (Wildman–Crippen LogP) is 0.303. The third-order valence-corrected chi connectivity index (χ3v) is 3.62. The highest BCUT2D eigenvalue weighted by molar-refractivity contribution is 5.56. The normalized spacial score (nSPS) is 38.1. The Morgan fingerprint density at radius 1 is 1.33 bits per heavy atom. The SMILES string of the molecule is CC1OC2(CCCCC2)OOC(C(O)C=O)C1O. The Bertz CT molecular complexity index is 288. The summed E-state index contributed by atoms with van der Waals surface area (Å²) in [5.74, 6) is -0.851. The largest absolute Gasteiger partial charge is 0.387 e. The molecule has 0 aromatic heterocycles. The molecule has 0 radical (unpaired) electrons. The van der Waals surface area contributed by atoms with Gasteiger partial charge in [-0.2, -0.15) is 0 Å². The Labute approximate surface area is 106 Å². The van der Waals surface area contributed by atoms with Crippen LogP contribution < -0.4 is 0 Å². The molecule has 6 nitrogen and oxygen atoms in total. The number of hydrogen-bond acceptors (Lipinski definition) is 6. The van der Waals surface area contributed by atoms with Gasteiger partial charge in [0.2, 0.25) is 5.79 Å². The first kappa shape index (κ1) is 13.9. The monoisotopic (exact) mass is 260 g/mol. The van der Waals surface area contributed by atoms with Crippen LogP contribution in [0.1, 0.15) is 39.0 Å². The second-order valence-electron chi connectivity index (χ2n) is 5.06. The van der Waals surface area contributed by atoms with Crippen LogP contribution in [0, 0.1) is 0 Å². The number of aldehydes is 1. The van der Waals surface area contributed by atoms with Crippen LogP contribution in [0.15, 0.2) is 0 Å². The van der Waals surface area contributed by atoms with E-state index >= 15 is 0 Å². The van der Waals surface area contributed by atoms with Crippen molar-refractivity contribution < 1.29 is 29.5 Å². The average molecular weight is 260 g/mol. The van der Waals surface area contributed by atoms with Gasteiger partial charge in [-0.25, -0.2) is 9.78 Å². The molecule has 1 saturated carbocycles. The number of carbonyl (C=O) groups is 1. The van der Waals surface area contributed by atoms with Gasteiger partial charge in [0, 0.05) is 12.8 Å². The van der Waals surface area contributed by atoms with Gasteiger partial charge >= 0.3 is 0 Å². The highest BCUT2D eigenvalue weighted by Gasteiger charge is 2.46. The molecule has 1 heterocycles. The molecule has 0 bridgehead atoms. The fraction of sp³-hybridized carbons (Fsp3) is 0.917. The molecule has 2 N–H and O–H groups in total. The van der Waals surface area contributed by atoms with Crippen molar-refractivity contribution in [3.63, 3.8) is 0 Å². The van der Waals surface area contributed by atoms with Crippen molar-refractivity contribution >= 4 is 6.29 Å². The summed E-state index contributed by atoms with van der Waals surface area (Å²) in [6, 6.07) is 0. The summed E-state index contributed by atoms with van der Waals surface area (Å²) < 4.78 is 5.75. The molecule has 0 amide bonds. The van der Waals surface area contributed by atoms with E-state index in [9.17, 15) is 15.0 Å². The van der Waals surface area contributed by atoms with E-state index in [0.29, 0.717) is 19.1 Å². The van der Waals surface area contributed by atoms with Gasteiger partial charge in [0.25, 0.3) is 0 Å². The van der Waals surface area contributed by atoms with Crippen LogP contribution in [0.3, 0.4) is 0 Å². The van der Waals surface area contributed by atoms with Gasteiger partial charge in [-0.3, -0.25) is 0 Å². The maximum Gasteiger partial charge on any atom is 0.201 e. The highest BCUT2D eigenvalue weighted by atomic mass is 17.2. The lowest BCUT2D eigenvalue weighted by Crippen LogP contribution is -2.45. The van der Waals surface area contributed by atoms with Crippen LogP contribution in [-0.2, 0) is 19.3 Å². The zero-order chi connectivity index (χ0) is 13.2. The average Bonchev–Trinajstić information content (AvgIpc) is 2.49. The molecule has 4 atom stereocenters. The quantitative estimate of drug-likeness (QED) is 0.549. The first-order chi connectivity index (χ1) is 8.58.